The van der Waals surface area contributed by atoms with E-state index in [-0.39, 0.29) is 25.2 Å². The van der Waals surface area contributed by atoms with Crippen molar-refractivity contribution in [1.29, 1.82) is 0 Å². The molecule has 1 N–H and O–H groups in total. The van der Waals surface area contributed by atoms with Crippen LogP contribution in [0.2, 0.25) is 0 Å². The lowest BCUT2D eigenvalue weighted by Crippen LogP contribution is -2.19. The van der Waals surface area contributed by atoms with Gasteiger partial charge in [-0.3, -0.25) is 4.55 Å². The van der Waals surface area contributed by atoms with Crippen LogP contribution in [0.25, 0.3) is 0 Å². The lowest BCUT2D eigenvalue weighted by Gasteiger charge is -2.07. The van der Waals surface area contributed by atoms with Gasteiger partial charge in [0.05, 0.1) is 19.0 Å². The fourth-order valence-corrected chi connectivity index (χ4v) is 1.71. The zero-order valence-corrected chi connectivity index (χ0v) is 13.6. The molecule has 0 amide bonds. The Hall–Kier alpha value is -1.87. The van der Waals surface area contributed by atoms with Crippen molar-refractivity contribution in [2.24, 2.45) is 0 Å². The smallest absolute Gasteiger partial charge is 0.345 e. The van der Waals surface area contributed by atoms with Crippen LogP contribution in [-0.2, 0) is 29.2 Å². The summed E-state index contributed by atoms with van der Waals surface area (Å²) in [6.45, 7) is 1.46. The Morgan fingerprint density at radius 2 is 1.77 bits per heavy atom. The van der Waals surface area contributed by atoms with Crippen molar-refractivity contribution in [2.45, 2.75) is 13.3 Å². The third kappa shape index (κ3) is 9.94. The first kappa shape index (κ1) is 20.1. The third-order valence-electron chi connectivity index (χ3n) is 2.14. The summed E-state index contributed by atoms with van der Waals surface area (Å²) in [6.07, 6.45) is 4.27. The third-order valence-corrected chi connectivity index (χ3v) is 2.95. The number of hydrogen-bond acceptors (Lipinski definition) is 7. The number of nitrogens with zero attached hydrogens (tertiary/aromatic N) is 1. The van der Waals surface area contributed by atoms with Crippen molar-refractivity contribution in [3.05, 3.63) is 23.9 Å². The fourth-order valence-electron chi connectivity index (χ4n) is 1.22. The highest BCUT2D eigenvalue weighted by atomic mass is 32.2. The van der Waals surface area contributed by atoms with Gasteiger partial charge < -0.3 is 14.4 Å². The lowest BCUT2D eigenvalue weighted by molar-refractivity contribution is -0.146. The van der Waals surface area contributed by atoms with Crippen molar-refractivity contribution in [1.82, 2.24) is 4.90 Å². The summed E-state index contributed by atoms with van der Waals surface area (Å²) in [5, 5.41) is 0. The number of esters is 2. The van der Waals surface area contributed by atoms with E-state index in [9.17, 15) is 18.0 Å². The van der Waals surface area contributed by atoms with Crippen molar-refractivity contribution in [2.75, 3.05) is 33.1 Å². The summed E-state index contributed by atoms with van der Waals surface area (Å²) in [4.78, 5) is 25.2. The number of carbonyl (C=O) groups is 2. The van der Waals surface area contributed by atoms with Gasteiger partial charge in [-0.1, -0.05) is 0 Å². The number of ether oxygens (including phenoxy) is 2. The average Bonchev–Trinajstić information content (AvgIpc) is 2.38. The Morgan fingerprint density at radius 3 is 2.27 bits per heavy atom. The maximum absolute atomic E-state index is 11.8. The molecule has 126 valence electrons. The second-order valence-corrected chi connectivity index (χ2v) is 5.95. The van der Waals surface area contributed by atoms with Crippen molar-refractivity contribution >= 4 is 22.1 Å². The summed E-state index contributed by atoms with van der Waals surface area (Å²) in [6, 6.07) is 0. The van der Waals surface area contributed by atoms with Crippen LogP contribution in [0.4, 0.5) is 0 Å². The van der Waals surface area contributed by atoms with Gasteiger partial charge in [0.1, 0.15) is 5.57 Å². The van der Waals surface area contributed by atoms with Gasteiger partial charge in [0.15, 0.2) is 0 Å². The molecule has 0 aromatic heterocycles. The minimum Gasteiger partial charge on any atom is -0.462 e. The zero-order chi connectivity index (χ0) is 17.2. The Bertz CT molecular complexity index is 535. The van der Waals surface area contributed by atoms with E-state index in [1.54, 1.807) is 32.1 Å². The van der Waals surface area contributed by atoms with Crippen LogP contribution < -0.4 is 0 Å². The summed E-state index contributed by atoms with van der Waals surface area (Å²) in [5.41, 5.74) is -0.299. The normalized spacial score (nSPS) is 12.3. The molecule has 0 atom stereocenters. The van der Waals surface area contributed by atoms with E-state index < -0.39 is 27.8 Å². The molecule has 0 unspecified atom stereocenters. The van der Waals surface area contributed by atoms with Crippen LogP contribution in [0.1, 0.15) is 13.3 Å². The molecule has 0 radical (unpaired) electrons. The Kier molecular flexibility index (Phi) is 9.11. The molecular formula is C13H21NO7S. The SMILES string of the molecule is CCOC(=O)/C(=C\C=C\N(C)C)C(=O)OCCCS(=O)(=O)O. The minimum absolute atomic E-state index is 0.0752. The summed E-state index contributed by atoms with van der Waals surface area (Å²) in [7, 11) is -0.573. The number of hydrogen-bond donors (Lipinski definition) is 1. The highest BCUT2D eigenvalue weighted by molar-refractivity contribution is 7.85. The van der Waals surface area contributed by atoms with E-state index in [0.29, 0.717) is 0 Å². The molecule has 0 aliphatic carbocycles. The molecule has 0 spiro atoms. The predicted molar refractivity (Wildman–Crippen MR) is 79.5 cm³/mol. The summed E-state index contributed by atoms with van der Waals surface area (Å²) >= 11 is 0. The molecule has 22 heavy (non-hydrogen) atoms. The first-order valence-corrected chi connectivity index (χ1v) is 8.12. The van der Waals surface area contributed by atoms with Crippen molar-refractivity contribution < 1.29 is 32.0 Å². The standard InChI is InChI=1S/C13H21NO7S/c1-4-20-12(15)11(7-5-8-14(2)3)13(16)21-9-6-10-22(17,18)19/h5,7-8H,4,6,9-10H2,1-3H3,(H,17,18,19)/b8-5+,11-7+. The Balaban J connectivity index is 4.73. The van der Waals surface area contributed by atoms with E-state index in [4.69, 9.17) is 14.0 Å². The molecule has 8 nitrogen and oxygen atoms in total. The van der Waals surface area contributed by atoms with E-state index >= 15 is 0 Å². The van der Waals surface area contributed by atoms with Gasteiger partial charge in [-0.15, -0.1) is 0 Å². The number of rotatable bonds is 9. The molecule has 9 heteroatoms. The van der Waals surface area contributed by atoms with E-state index in [1.165, 1.54) is 12.2 Å². The van der Waals surface area contributed by atoms with Gasteiger partial charge in [0, 0.05) is 14.1 Å². The Labute approximate surface area is 130 Å². The van der Waals surface area contributed by atoms with Crippen molar-refractivity contribution in [3.63, 3.8) is 0 Å². The van der Waals surface area contributed by atoms with Gasteiger partial charge in [-0.05, 0) is 31.7 Å². The van der Waals surface area contributed by atoms with Crippen molar-refractivity contribution in [3.8, 4) is 0 Å². The number of allylic oxidation sites excluding steroid dienone is 2. The van der Waals surface area contributed by atoms with Crippen LogP contribution in [-0.4, -0.2) is 62.9 Å². The molecule has 0 fully saturated rings. The summed E-state index contributed by atoms with van der Waals surface area (Å²) < 4.78 is 39.1. The van der Waals surface area contributed by atoms with Gasteiger partial charge in [0.2, 0.25) is 0 Å². The van der Waals surface area contributed by atoms with Crippen LogP contribution in [0.3, 0.4) is 0 Å². The molecule has 0 aromatic carbocycles. The quantitative estimate of drug-likeness (QED) is 0.122. The van der Waals surface area contributed by atoms with Crippen LogP contribution in [0.15, 0.2) is 23.9 Å². The van der Waals surface area contributed by atoms with Gasteiger partial charge >= 0.3 is 11.9 Å². The first-order valence-electron chi connectivity index (χ1n) is 6.51. The van der Waals surface area contributed by atoms with Crippen LogP contribution in [0.5, 0.6) is 0 Å². The molecule has 0 heterocycles. The first-order chi connectivity index (χ1) is 10.2. The largest absolute Gasteiger partial charge is 0.462 e. The maximum Gasteiger partial charge on any atom is 0.345 e. The molecular weight excluding hydrogens is 314 g/mol. The molecule has 0 rings (SSSR count). The molecule has 0 aliphatic heterocycles. The molecule has 0 bridgehead atoms. The lowest BCUT2D eigenvalue weighted by atomic mass is 10.2. The minimum atomic E-state index is -4.11. The fraction of sp³-hybridized carbons (Fsp3) is 0.538. The van der Waals surface area contributed by atoms with E-state index in [1.807, 2.05) is 0 Å². The van der Waals surface area contributed by atoms with Gasteiger partial charge in [0.25, 0.3) is 10.1 Å². The Morgan fingerprint density at radius 1 is 1.18 bits per heavy atom. The molecule has 0 aromatic rings. The average molecular weight is 335 g/mol. The van der Waals surface area contributed by atoms with E-state index in [2.05, 4.69) is 0 Å². The molecule has 0 saturated heterocycles. The predicted octanol–water partition coefficient (Wildman–Crippen LogP) is 0.372. The van der Waals surface area contributed by atoms with Crippen LogP contribution in [0, 0.1) is 0 Å². The van der Waals surface area contributed by atoms with E-state index in [0.717, 1.165) is 0 Å². The highest BCUT2D eigenvalue weighted by Gasteiger charge is 2.20. The topological polar surface area (TPSA) is 110 Å². The number of carbonyl (C=O) groups excluding carboxylic acids is 2. The van der Waals surface area contributed by atoms with Crippen LogP contribution >= 0.6 is 0 Å². The second kappa shape index (κ2) is 9.96. The second-order valence-electron chi connectivity index (χ2n) is 4.38. The highest BCUT2D eigenvalue weighted by Crippen LogP contribution is 2.04. The monoisotopic (exact) mass is 335 g/mol. The zero-order valence-electron chi connectivity index (χ0n) is 12.8. The summed E-state index contributed by atoms with van der Waals surface area (Å²) in [5.74, 6) is -2.28. The molecule has 0 aliphatic rings. The molecule has 0 saturated carbocycles. The maximum atomic E-state index is 11.8. The van der Waals surface area contributed by atoms with Gasteiger partial charge in [-0.2, -0.15) is 8.42 Å². The van der Waals surface area contributed by atoms with Gasteiger partial charge in [-0.25, -0.2) is 9.59 Å².